The second-order valence-electron chi connectivity index (χ2n) is 9.38. The first kappa shape index (κ1) is 28.9. The van der Waals surface area contributed by atoms with Crippen LogP contribution >= 0.6 is 11.6 Å². The molecule has 4 N–H and O–H groups in total. The van der Waals surface area contributed by atoms with Crippen LogP contribution in [0.15, 0.2) is 36.4 Å². The van der Waals surface area contributed by atoms with Crippen molar-refractivity contribution in [2.75, 3.05) is 18.5 Å². The van der Waals surface area contributed by atoms with Crippen LogP contribution in [0.1, 0.15) is 50.4 Å². The fourth-order valence-corrected chi connectivity index (χ4v) is 3.87. The molecule has 9 nitrogen and oxygen atoms in total. The van der Waals surface area contributed by atoms with Crippen molar-refractivity contribution in [3.8, 4) is 5.75 Å². The van der Waals surface area contributed by atoms with E-state index in [9.17, 15) is 24.6 Å². The van der Waals surface area contributed by atoms with Gasteiger partial charge in [-0.1, -0.05) is 29.8 Å². The van der Waals surface area contributed by atoms with E-state index in [2.05, 4.69) is 10.6 Å². The van der Waals surface area contributed by atoms with E-state index in [1.807, 2.05) is 0 Å². The van der Waals surface area contributed by atoms with Gasteiger partial charge in [0.15, 0.2) is 0 Å². The summed E-state index contributed by atoms with van der Waals surface area (Å²) in [5, 5.41) is 25.4. The fourth-order valence-electron chi connectivity index (χ4n) is 3.60. The van der Waals surface area contributed by atoms with Gasteiger partial charge in [0.25, 0.3) is 5.91 Å². The number of carbonyl (C=O) groups excluding carboxylic acids is 3. The highest BCUT2D eigenvalue weighted by Crippen LogP contribution is 2.31. The molecule has 0 spiro atoms. The number of aliphatic hydroxyl groups is 1. The first-order chi connectivity index (χ1) is 16.8. The van der Waals surface area contributed by atoms with E-state index in [0.717, 1.165) is 5.56 Å². The van der Waals surface area contributed by atoms with Crippen molar-refractivity contribution in [3.05, 3.63) is 58.1 Å². The second kappa shape index (κ2) is 12.1. The maximum Gasteiger partial charge on any atom is 0.408 e. The Labute approximate surface area is 216 Å². The molecule has 0 aromatic heterocycles. The summed E-state index contributed by atoms with van der Waals surface area (Å²) in [5.74, 6) is -1.21. The molecular formula is C26H34ClN3O6. The molecule has 0 aliphatic heterocycles. The third-order valence-corrected chi connectivity index (χ3v) is 5.68. The maximum absolute atomic E-state index is 13.6. The lowest BCUT2D eigenvalue weighted by atomic mass is 10.00. The van der Waals surface area contributed by atoms with Gasteiger partial charge in [-0.05, 0) is 76.4 Å². The molecule has 196 valence electrons. The number of rotatable bonds is 8. The van der Waals surface area contributed by atoms with Gasteiger partial charge in [0.1, 0.15) is 23.4 Å². The van der Waals surface area contributed by atoms with Gasteiger partial charge in [0.2, 0.25) is 5.91 Å². The Hall–Kier alpha value is -3.30. The number of likely N-dealkylation sites (N-methyl/N-ethyl adjacent to an activating group) is 1. The van der Waals surface area contributed by atoms with Crippen LogP contribution < -0.4 is 10.6 Å². The molecule has 2 aromatic carbocycles. The number of phenols is 1. The average Bonchev–Trinajstić information content (AvgIpc) is 2.78. The summed E-state index contributed by atoms with van der Waals surface area (Å²) >= 11 is 6.31. The molecule has 0 fully saturated rings. The van der Waals surface area contributed by atoms with Crippen molar-refractivity contribution in [2.45, 2.75) is 59.2 Å². The molecule has 2 rings (SSSR count). The number of hydrogen-bond acceptors (Lipinski definition) is 6. The number of nitrogens with zero attached hydrogens (tertiary/aromatic N) is 1. The number of anilines is 1. The Morgan fingerprint density at radius 3 is 2.31 bits per heavy atom. The Morgan fingerprint density at radius 1 is 1.11 bits per heavy atom. The highest BCUT2D eigenvalue weighted by atomic mass is 35.5. The number of carbonyl (C=O) groups is 3. The van der Waals surface area contributed by atoms with Crippen LogP contribution in [0.25, 0.3) is 0 Å². The number of ether oxygens (including phenoxy) is 1. The minimum absolute atomic E-state index is 0.0362. The van der Waals surface area contributed by atoms with Gasteiger partial charge in [-0.2, -0.15) is 0 Å². The van der Waals surface area contributed by atoms with Crippen molar-refractivity contribution < 1.29 is 29.3 Å². The van der Waals surface area contributed by atoms with Crippen LogP contribution in [-0.2, 0) is 14.3 Å². The maximum atomic E-state index is 13.6. The number of alkyl carbamates (subject to hydrolysis) is 1. The van der Waals surface area contributed by atoms with Crippen LogP contribution in [0.2, 0.25) is 5.02 Å². The zero-order chi connectivity index (χ0) is 27.2. The minimum Gasteiger partial charge on any atom is -0.508 e. The zero-order valence-electron chi connectivity index (χ0n) is 21.4. The summed E-state index contributed by atoms with van der Waals surface area (Å²) in [6.45, 7) is 9.52. The summed E-state index contributed by atoms with van der Waals surface area (Å²) in [7, 11) is 0. The summed E-state index contributed by atoms with van der Waals surface area (Å²) in [5.41, 5.74) is 1.26. The number of halogens is 1. The predicted octanol–water partition coefficient (Wildman–Crippen LogP) is 4.08. The van der Waals surface area contributed by atoms with E-state index < -0.39 is 42.2 Å². The third kappa shape index (κ3) is 7.35. The molecule has 0 bridgehead atoms. The van der Waals surface area contributed by atoms with E-state index in [1.165, 1.54) is 17.0 Å². The van der Waals surface area contributed by atoms with Gasteiger partial charge in [0, 0.05) is 6.54 Å². The van der Waals surface area contributed by atoms with Gasteiger partial charge in [-0.25, -0.2) is 4.79 Å². The van der Waals surface area contributed by atoms with Crippen molar-refractivity contribution >= 4 is 35.2 Å². The molecule has 0 radical (unpaired) electrons. The number of para-hydroxylation sites is 1. The molecule has 3 amide bonds. The normalized spacial score (nSPS) is 12.9. The van der Waals surface area contributed by atoms with Gasteiger partial charge >= 0.3 is 6.09 Å². The number of aromatic hydroxyl groups is 1. The monoisotopic (exact) mass is 519 g/mol. The zero-order valence-corrected chi connectivity index (χ0v) is 22.1. The van der Waals surface area contributed by atoms with E-state index in [-0.39, 0.29) is 12.3 Å². The Morgan fingerprint density at radius 2 is 1.78 bits per heavy atom. The largest absolute Gasteiger partial charge is 0.508 e. The molecule has 10 heteroatoms. The Balaban J connectivity index is 2.47. The van der Waals surface area contributed by atoms with Gasteiger partial charge in [0.05, 0.1) is 17.3 Å². The summed E-state index contributed by atoms with van der Waals surface area (Å²) in [6, 6.07) is 7.25. The smallest absolute Gasteiger partial charge is 0.408 e. The lowest BCUT2D eigenvalue weighted by Crippen LogP contribution is -2.53. The Bertz CT molecular complexity index is 1100. The van der Waals surface area contributed by atoms with Crippen molar-refractivity contribution in [1.29, 1.82) is 0 Å². The predicted molar refractivity (Wildman–Crippen MR) is 138 cm³/mol. The highest BCUT2D eigenvalue weighted by molar-refractivity contribution is 6.34. The summed E-state index contributed by atoms with van der Waals surface area (Å²) in [4.78, 5) is 40.7. The van der Waals surface area contributed by atoms with Crippen molar-refractivity contribution in [2.24, 2.45) is 0 Å². The molecule has 36 heavy (non-hydrogen) atoms. The summed E-state index contributed by atoms with van der Waals surface area (Å²) < 4.78 is 5.21. The molecule has 0 saturated heterocycles. The van der Waals surface area contributed by atoms with Gasteiger partial charge in [-0.15, -0.1) is 0 Å². The van der Waals surface area contributed by atoms with Crippen LogP contribution in [0.5, 0.6) is 5.75 Å². The molecule has 0 saturated carbocycles. The summed E-state index contributed by atoms with van der Waals surface area (Å²) in [6.07, 6.45) is -0.876. The van der Waals surface area contributed by atoms with Crippen LogP contribution in [0.4, 0.5) is 10.5 Å². The third-order valence-electron chi connectivity index (χ3n) is 5.36. The number of hydrogen-bond donors (Lipinski definition) is 4. The fraction of sp³-hybridized carbons (Fsp3) is 0.423. The lowest BCUT2D eigenvalue weighted by Gasteiger charge is -2.33. The molecular weight excluding hydrogens is 486 g/mol. The molecule has 0 aliphatic carbocycles. The number of aryl methyl sites for hydroxylation is 2. The number of nitrogens with one attached hydrogen (secondary N) is 2. The number of aliphatic hydroxyl groups excluding tert-OH is 1. The molecule has 2 aromatic rings. The van der Waals surface area contributed by atoms with E-state index in [4.69, 9.17) is 16.3 Å². The van der Waals surface area contributed by atoms with E-state index in [1.54, 1.807) is 65.8 Å². The van der Waals surface area contributed by atoms with Crippen molar-refractivity contribution in [3.63, 3.8) is 0 Å². The van der Waals surface area contributed by atoms with Gasteiger partial charge in [-0.3, -0.25) is 9.59 Å². The Kier molecular flexibility index (Phi) is 9.72. The number of benzene rings is 2. The average molecular weight is 520 g/mol. The first-order valence-corrected chi connectivity index (χ1v) is 11.9. The lowest BCUT2D eigenvalue weighted by molar-refractivity contribution is -0.141. The number of phenolic OH excluding ortho intramolecular Hbond substituents is 1. The molecule has 0 heterocycles. The standard InChI is InChI=1S/C26H34ClN3O6/c1-7-30(24(34)19(14-31)28-25(35)36-26(4,5)6)22(17-11-12-20(32)16(3)13-17)23(33)29-21-15(2)9-8-10-18(21)27/h8-13,19,22,31-32H,7,14H2,1-6H3,(H,28,35)(H,29,33). The van der Waals surface area contributed by atoms with Crippen LogP contribution in [0.3, 0.4) is 0 Å². The topological polar surface area (TPSA) is 128 Å². The van der Waals surface area contributed by atoms with E-state index >= 15 is 0 Å². The molecule has 2 unspecified atom stereocenters. The number of amides is 3. The van der Waals surface area contributed by atoms with E-state index in [0.29, 0.717) is 21.8 Å². The molecule has 0 aliphatic rings. The van der Waals surface area contributed by atoms with Gasteiger partial charge < -0.3 is 30.5 Å². The second-order valence-corrected chi connectivity index (χ2v) is 9.78. The van der Waals surface area contributed by atoms with Crippen LogP contribution in [-0.4, -0.2) is 57.8 Å². The van der Waals surface area contributed by atoms with Crippen LogP contribution in [0, 0.1) is 13.8 Å². The SMILES string of the molecule is CCN(C(=O)C(CO)NC(=O)OC(C)(C)C)C(C(=O)Nc1c(C)cccc1Cl)c1ccc(O)c(C)c1. The van der Waals surface area contributed by atoms with Crippen molar-refractivity contribution in [1.82, 2.24) is 10.2 Å². The minimum atomic E-state index is -1.35. The molecule has 2 atom stereocenters. The highest BCUT2D eigenvalue weighted by Gasteiger charge is 2.36. The quantitative estimate of drug-likeness (QED) is 0.416. The first-order valence-electron chi connectivity index (χ1n) is 11.5.